The van der Waals surface area contributed by atoms with Gasteiger partial charge in [0.1, 0.15) is 11.9 Å². The van der Waals surface area contributed by atoms with Crippen LogP contribution in [0.5, 0.6) is 0 Å². The van der Waals surface area contributed by atoms with Crippen LogP contribution in [0, 0.1) is 18.2 Å². The second kappa shape index (κ2) is 11.0. The molecule has 30 heavy (non-hydrogen) atoms. The van der Waals surface area contributed by atoms with Gasteiger partial charge in [-0.2, -0.15) is 0 Å². The van der Waals surface area contributed by atoms with Gasteiger partial charge in [0.15, 0.2) is 0 Å². The molecule has 0 amide bonds. The average molecular weight is 418 g/mol. The third-order valence-electron chi connectivity index (χ3n) is 5.38. The summed E-state index contributed by atoms with van der Waals surface area (Å²) in [6, 6.07) is 5.91. The molecule has 2 unspecified atom stereocenters. The van der Waals surface area contributed by atoms with Crippen LogP contribution in [-0.4, -0.2) is 15.2 Å². The normalized spacial score (nSPS) is 17.8. The van der Waals surface area contributed by atoms with Crippen molar-refractivity contribution in [2.24, 2.45) is 5.41 Å². The molecule has 0 fully saturated rings. The molecule has 168 valence electrons. The van der Waals surface area contributed by atoms with E-state index in [-0.39, 0.29) is 17.2 Å². The zero-order chi connectivity index (χ0) is 23.2. The molecule has 0 radical (unpaired) electrons. The summed E-state index contributed by atoms with van der Waals surface area (Å²) in [7, 11) is 0. The molecule has 4 heteroatoms. The largest absolute Gasteiger partial charge is 0.388 e. The van der Waals surface area contributed by atoms with E-state index in [1.807, 2.05) is 34.6 Å². The van der Waals surface area contributed by atoms with Gasteiger partial charge in [-0.1, -0.05) is 67.5 Å². The smallest absolute Gasteiger partial charge is 0.123 e. The Kier molecular flexibility index (Phi) is 9.64. The van der Waals surface area contributed by atoms with Gasteiger partial charge in [0.2, 0.25) is 0 Å². The molecule has 0 aliphatic heterocycles. The van der Waals surface area contributed by atoms with Crippen molar-refractivity contribution in [1.82, 2.24) is 4.98 Å². The number of rotatable bonds is 3. The van der Waals surface area contributed by atoms with Crippen molar-refractivity contribution >= 4 is 0 Å². The Morgan fingerprint density at radius 2 is 1.60 bits per heavy atom. The van der Waals surface area contributed by atoms with Crippen molar-refractivity contribution in [2.45, 2.75) is 93.3 Å². The molecule has 0 bridgehead atoms. The van der Waals surface area contributed by atoms with Crippen LogP contribution in [0.1, 0.15) is 114 Å². The fourth-order valence-electron chi connectivity index (χ4n) is 4.14. The van der Waals surface area contributed by atoms with Crippen molar-refractivity contribution < 1.29 is 14.6 Å². The maximum absolute atomic E-state index is 13.3. The second-order valence-corrected chi connectivity index (χ2v) is 8.57. The summed E-state index contributed by atoms with van der Waals surface area (Å²) in [6.07, 6.45) is 0.0113. The van der Waals surface area contributed by atoms with Gasteiger partial charge in [0.05, 0.1) is 6.10 Å². The number of fused-ring (bicyclic) bond motifs is 1. The molecular weight excluding hydrogens is 377 g/mol. The minimum absolute atomic E-state index is 0.00278. The highest BCUT2D eigenvalue weighted by atomic mass is 19.1. The van der Waals surface area contributed by atoms with Gasteiger partial charge in [-0.3, -0.25) is 4.98 Å². The highest BCUT2D eigenvalue weighted by molar-refractivity contribution is 5.47. The van der Waals surface area contributed by atoms with E-state index in [2.05, 4.69) is 27.7 Å². The molecule has 2 atom stereocenters. The van der Waals surface area contributed by atoms with Gasteiger partial charge < -0.3 is 10.2 Å². The number of pyridine rings is 1. The Morgan fingerprint density at radius 1 is 1.07 bits per heavy atom. The lowest BCUT2D eigenvalue weighted by Crippen LogP contribution is -2.29. The molecular formula is C26H40FNO2. The van der Waals surface area contributed by atoms with Crippen LogP contribution in [0.2, 0.25) is 0 Å². The summed E-state index contributed by atoms with van der Waals surface area (Å²) in [5, 5.41) is 21.8. The van der Waals surface area contributed by atoms with Crippen LogP contribution in [0.15, 0.2) is 24.3 Å². The highest BCUT2D eigenvalue weighted by Crippen LogP contribution is 2.44. The summed E-state index contributed by atoms with van der Waals surface area (Å²) >= 11 is 0. The summed E-state index contributed by atoms with van der Waals surface area (Å²) < 4.78 is 13.3. The van der Waals surface area contributed by atoms with E-state index in [1.165, 1.54) is 12.1 Å². The minimum atomic E-state index is -0.895. The number of nitrogens with zero attached hydrogens (tertiary/aromatic N) is 1. The van der Waals surface area contributed by atoms with Gasteiger partial charge in [-0.05, 0) is 54.4 Å². The van der Waals surface area contributed by atoms with Gasteiger partial charge in [-0.15, -0.1) is 0 Å². The van der Waals surface area contributed by atoms with Crippen LogP contribution in [0.3, 0.4) is 0 Å². The van der Waals surface area contributed by atoms with Crippen molar-refractivity contribution in [3.63, 3.8) is 0 Å². The number of aromatic nitrogens is 1. The quantitative estimate of drug-likeness (QED) is 0.578. The van der Waals surface area contributed by atoms with Crippen molar-refractivity contribution in [3.05, 3.63) is 63.7 Å². The van der Waals surface area contributed by atoms with Gasteiger partial charge in [0.25, 0.3) is 0 Å². The first-order chi connectivity index (χ1) is 14.1. The third-order valence-corrected chi connectivity index (χ3v) is 5.38. The third kappa shape index (κ3) is 5.67. The summed E-state index contributed by atoms with van der Waals surface area (Å²) in [6.45, 7) is 18.4. The van der Waals surface area contributed by atoms with Gasteiger partial charge >= 0.3 is 0 Å². The molecule has 1 aliphatic rings. The fourth-order valence-corrected chi connectivity index (χ4v) is 4.14. The van der Waals surface area contributed by atoms with Crippen LogP contribution >= 0.6 is 0 Å². The topological polar surface area (TPSA) is 53.4 Å². The second-order valence-electron chi connectivity index (χ2n) is 8.57. The monoisotopic (exact) mass is 417 g/mol. The zero-order valence-electron chi connectivity index (χ0n) is 20.2. The Labute approximate surface area is 182 Å². The van der Waals surface area contributed by atoms with E-state index < -0.39 is 12.2 Å². The lowest BCUT2D eigenvalue weighted by atomic mass is 9.72. The van der Waals surface area contributed by atoms with E-state index >= 15 is 0 Å². The molecule has 0 saturated heterocycles. The SMILES string of the molecule is CC.CC.Cc1c2c(nc(C(C)C)c1C(O)c1ccc(F)cc1)CC(C)(C)CC2O. The maximum Gasteiger partial charge on any atom is 0.123 e. The number of benzene rings is 1. The van der Waals surface area contributed by atoms with E-state index in [1.54, 1.807) is 12.1 Å². The number of aliphatic hydroxyl groups excluding tert-OH is 2. The lowest BCUT2D eigenvalue weighted by molar-refractivity contribution is 0.0968. The first-order valence-electron chi connectivity index (χ1n) is 11.3. The van der Waals surface area contributed by atoms with Crippen LogP contribution in [-0.2, 0) is 6.42 Å². The van der Waals surface area contributed by atoms with E-state index in [4.69, 9.17) is 4.98 Å². The molecule has 1 aliphatic carbocycles. The van der Waals surface area contributed by atoms with Crippen LogP contribution < -0.4 is 0 Å². The Hall–Kier alpha value is -1.78. The summed E-state index contributed by atoms with van der Waals surface area (Å²) in [5.74, 6) is -0.200. The predicted octanol–water partition coefficient (Wildman–Crippen LogP) is 6.79. The molecule has 1 heterocycles. The number of hydrogen-bond donors (Lipinski definition) is 2. The van der Waals surface area contributed by atoms with E-state index in [0.717, 1.165) is 34.5 Å². The minimum Gasteiger partial charge on any atom is -0.388 e. The standard InChI is InChI=1S/C22H28FNO2.2C2H6/c1-12(2)20-19(21(26)14-6-8-15(23)9-7-14)13(3)18-16(24-20)10-22(4,5)11-17(18)25;2*1-2/h6-9,12,17,21,25-26H,10-11H2,1-5H3;2*1-2H3. The Balaban J connectivity index is 0.00000106. The molecule has 3 rings (SSSR count). The van der Waals surface area contributed by atoms with Crippen molar-refractivity contribution in [1.29, 1.82) is 0 Å². The number of halogens is 1. The first kappa shape index (κ1) is 26.3. The first-order valence-corrected chi connectivity index (χ1v) is 11.3. The molecule has 1 aromatic carbocycles. The lowest BCUT2D eigenvalue weighted by Gasteiger charge is -2.36. The molecule has 1 aromatic heterocycles. The molecule has 3 nitrogen and oxygen atoms in total. The van der Waals surface area contributed by atoms with Crippen LogP contribution in [0.4, 0.5) is 4.39 Å². The molecule has 2 aromatic rings. The van der Waals surface area contributed by atoms with Crippen molar-refractivity contribution in [2.75, 3.05) is 0 Å². The Morgan fingerprint density at radius 3 is 2.10 bits per heavy atom. The molecule has 0 saturated carbocycles. The summed E-state index contributed by atoms with van der Waals surface area (Å²) in [5.41, 5.74) is 4.90. The van der Waals surface area contributed by atoms with E-state index in [9.17, 15) is 14.6 Å². The Bertz CT molecular complexity index is 813. The fraction of sp³-hybridized carbons (Fsp3) is 0.577. The van der Waals surface area contributed by atoms with Gasteiger partial charge in [-0.25, -0.2) is 4.39 Å². The number of hydrogen-bond acceptors (Lipinski definition) is 3. The summed E-state index contributed by atoms with van der Waals surface area (Å²) in [4.78, 5) is 4.89. The zero-order valence-corrected chi connectivity index (χ0v) is 20.2. The van der Waals surface area contributed by atoms with Gasteiger partial charge in [0, 0.05) is 22.5 Å². The number of aliphatic hydroxyl groups is 2. The van der Waals surface area contributed by atoms with Crippen molar-refractivity contribution in [3.8, 4) is 0 Å². The molecule has 2 N–H and O–H groups in total. The average Bonchev–Trinajstić information content (AvgIpc) is 2.69. The predicted molar refractivity (Wildman–Crippen MR) is 123 cm³/mol. The highest BCUT2D eigenvalue weighted by Gasteiger charge is 2.36. The van der Waals surface area contributed by atoms with E-state index in [0.29, 0.717) is 12.0 Å². The van der Waals surface area contributed by atoms with Crippen LogP contribution in [0.25, 0.3) is 0 Å². The maximum atomic E-state index is 13.3. The molecule has 0 spiro atoms.